The average Bonchev–Trinajstić information content (AvgIpc) is 3.02. The van der Waals surface area contributed by atoms with Gasteiger partial charge in [0.05, 0.1) is 35.4 Å². The molecule has 3 N–H and O–H groups in total. The first-order valence-corrected chi connectivity index (χ1v) is 7.54. The van der Waals surface area contributed by atoms with E-state index in [1.54, 1.807) is 0 Å². The zero-order valence-corrected chi connectivity index (χ0v) is 13.8. The van der Waals surface area contributed by atoms with E-state index in [9.17, 15) is 22.8 Å². The first-order valence-electron chi connectivity index (χ1n) is 7.54. The smallest absolute Gasteiger partial charge is 0.417 e. The SMILES string of the molecule is CC1(C)Oc2cc(C(F)(F)F)c(C(N)=O)cc2N(Cc2cnc[nH]2)C1=O. The standard InChI is InChI=1S/C16H15F3N4O3/c1-15(2)14(25)23(6-8-5-21-7-22-8)11-3-9(13(20)24)10(16(17,18)19)4-12(11)26-15/h3-5,7H,6H2,1-2H3,(H2,20,24)(H,21,22). The van der Waals surface area contributed by atoms with E-state index in [0.717, 1.165) is 6.07 Å². The molecule has 2 heterocycles. The number of halogens is 3. The van der Waals surface area contributed by atoms with Crippen LogP contribution in [0.15, 0.2) is 24.7 Å². The van der Waals surface area contributed by atoms with Gasteiger partial charge in [-0.25, -0.2) is 4.98 Å². The minimum atomic E-state index is -4.80. The molecule has 1 aromatic carbocycles. The molecule has 3 rings (SSSR count). The molecule has 0 bridgehead atoms. The normalized spacial score (nSPS) is 16.2. The van der Waals surface area contributed by atoms with Crippen molar-refractivity contribution in [3.63, 3.8) is 0 Å². The second-order valence-electron chi connectivity index (χ2n) is 6.31. The number of nitrogens with zero attached hydrogens (tertiary/aromatic N) is 2. The second kappa shape index (κ2) is 5.75. The van der Waals surface area contributed by atoms with Crippen LogP contribution in [-0.4, -0.2) is 27.4 Å². The number of fused-ring (bicyclic) bond motifs is 1. The Morgan fingerprint density at radius 3 is 2.62 bits per heavy atom. The Balaban J connectivity index is 2.19. The number of primary amides is 1. The molecule has 0 spiro atoms. The lowest BCUT2D eigenvalue weighted by atomic mass is 9.99. The number of carbonyl (C=O) groups is 2. The number of benzene rings is 1. The van der Waals surface area contributed by atoms with Gasteiger partial charge in [-0.1, -0.05) is 0 Å². The zero-order chi connectivity index (χ0) is 19.3. The lowest BCUT2D eigenvalue weighted by Crippen LogP contribution is -2.52. The summed E-state index contributed by atoms with van der Waals surface area (Å²) in [5.41, 5.74) is 2.37. The predicted molar refractivity (Wildman–Crippen MR) is 84.4 cm³/mol. The fourth-order valence-electron chi connectivity index (χ4n) is 2.75. The number of anilines is 1. The van der Waals surface area contributed by atoms with Gasteiger partial charge in [-0.3, -0.25) is 14.5 Å². The van der Waals surface area contributed by atoms with Crippen molar-refractivity contribution in [1.82, 2.24) is 9.97 Å². The van der Waals surface area contributed by atoms with E-state index in [0.29, 0.717) is 11.8 Å². The van der Waals surface area contributed by atoms with Gasteiger partial charge in [-0.15, -0.1) is 0 Å². The maximum atomic E-state index is 13.3. The number of hydrogen-bond acceptors (Lipinski definition) is 4. The van der Waals surface area contributed by atoms with Gasteiger partial charge < -0.3 is 15.5 Å². The van der Waals surface area contributed by atoms with Crippen molar-refractivity contribution in [1.29, 1.82) is 0 Å². The first kappa shape index (κ1) is 17.8. The highest BCUT2D eigenvalue weighted by molar-refractivity contribution is 6.04. The Morgan fingerprint density at radius 2 is 2.08 bits per heavy atom. The Hall–Kier alpha value is -3.04. The fraction of sp³-hybridized carbons (Fsp3) is 0.312. The van der Waals surface area contributed by atoms with Crippen LogP contribution in [0.2, 0.25) is 0 Å². The van der Waals surface area contributed by atoms with E-state index in [1.165, 1.54) is 31.3 Å². The Morgan fingerprint density at radius 1 is 1.38 bits per heavy atom. The van der Waals surface area contributed by atoms with E-state index < -0.39 is 34.7 Å². The van der Waals surface area contributed by atoms with Crippen molar-refractivity contribution in [3.8, 4) is 5.75 Å². The predicted octanol–water partition coefficient (Wildman–Crippen LogP) is 2.23. The van der Waals surface area contributed by atoms with Gasteiger partial charge in [-0.05, 0) is 26.0 Å². The van der Waals surface area contributed by atoms with Crippen molar-refractivity contribution in [3.05, 3.63) is 41.5 Å². The number of amides is 2. The van der Waals surface area contributed by atoms with Crippen molar-refractivity contribution >= 4 is 17.5 Å². The van der Waals surface area contributed by atoms with Gasteiger partial charge in [0.2, 0.25) is 5.91 Å². The molecule has 1 aliphatic rings. The Kier molecular flexibility index (Phi) is 3.93. The highest BCUT2D eigenvalue weighted by Crippen LogP contribution is 2.44. The van der Waals surface area contributed by atoms with Gasteiger partial charge in [-0.2, -0.15) is 13.2 Å². The summed E-state index contributed by atoms with van der Waals surface area (Å²) in [7, 11) is 0. The number of alkyl halides is 3. The highest BCUT2D eigenvalue weighted by atomic mass is 19.4. The summed E-state index contributed by atoms with van der Waals surface area (Å²) < 4.78 is 45.4. The summed E-state index contributed by atoms with van der Waals surface area (Å²) in [4.78, 5) is 32.2. The lowest BCUT2D eigenvalue weighted by Gasteiger charge is -2.39. The molecule has 0 fully saturated rings. The largest absolute Gasteiger partial charge is 0.476 e. The summed E-state index contributed by atoms with van der Waals surface area (Å²) in [6, 6.07) is 1.63. The third-order valence-electron chi connectivity index (χ3n) is 3.97. The molecule has 1 aliphatic heterocycles. The minimum Gasteiger partial charge on any atom is -0.476 e. The molecule has 0 saturated heterocycles. The van der Waals surface area contributed by atoms with Crippen LogP contribution in [0, 0.1) is 0 Å². The van der Waals surface area contributed by atoms with Gasteiger partial charge in [0.15, 0.2) is 5.60 Å². The number of H-pyrrole nitrogens is 1. The zero-order valence-electron chi connectivity index (χ0n) is 13.8. The quantitative estimate of drug-likeness (QED) is 0.867. The minimum absolute atomic E-state index is 0.0161. The molecule has 2 aromatic rings. The van der Waals surface area contributed by atoms with Crippen molar-refractivity contribution in [2.45, 2.75) is 32.2 Å². The van der Waals surface area contributed by atoms with Crippen LogP contribution in [0.1, 0.15) is 35.5 Å². The molecule has 1 aromatic heterocycles. The molecule has 0 aliphatic carbocycles. The van der Waals surface area contributed by atoms with Crippen molar-refractivity contribution in [2.24, 2.45) is 5.73 Å². The average molecular weight is 368 g/mol. The maximum absolute atomic E-state index is 13.3. The summed E-state index contributed by atoms with van der Waals surface area (Å²) in [5.74, 6) is -1.89. The second-order valence-corrected chi connectivity index (χ2v) is 6.31. The van der Waals surface area contributed by atoms with E-state index in [1.807, 2.05) is 0 Å². The molecule has 2 amide bonds. The molecular formula is C16H15F3N4O3. The maximum Gasteiger partial charge on any atom is 0.417 e. The molecule has 26 heavy (non-hydrogen) atoms. The molecular weight excluding hydrogens is 353 g/mol. The number of rotatable bonds is 3. The third kappa shape index (κ3) is 2.98. The Labute approximate surface area is 145 Å². The topological polar surface area (TPSA) is 101 Å². The molecule has 0 unspecified atom stereocenters. The molecule has 138 valence electrons. The van der Waals surface area contributed by atoms with Gasteiger partial charge in [0.25, 0.3) is 5.91 Å². The number of hydrogen-bond donors (Lipinski definition) is 2. The van der Waals surface area contributed by atoms with Gasteiger partial charge in [0.1, 0.15) is 5.75 Å². The van der Waals surface area contributed by atoms with Crippen LogP contribution in [0.25, 0.3) is 0 Å². The van der Waals surface area contributed by atoms with Gasteiger partial charge >= 0.3 is 6.18 Å². The van der Waals surface area contributed by atoms with Crippen LogP contribution in [-0.2, 0) is 17.5 Å². The monoisotopic (exact) mass is 368 g/mol. The number of aromatic nitrogens is 2. The number of ether oxygens (including phenoxy) is 1. The van der Waals surface area contributed by atoms with Gasteiger partial charge in [0, 0.05) is 6.20 Å². The van der Waals surface area contributed by atoms with Crippen LogP contribution in [0.4, 0.5) is 18.9 Å². The van der Waals surface area contributed by atoms with Crippen molar-refractivity contribution in [2.75, 3.05) is 4.90 Å². The number of carbonyl (C=O) groups excluding carboxylic acids is 2. The summed E-state index contributed by atoms with van der Waals surface area (Å²) in [6.45, 7) is 2.92. The van der Waals surface area contributed by atoms with E-state index >= 15 is 0 Å². The first-order chi connectivity index (χ1) is 12.0. The fourth-order valence-corrected chi connectivity index (χ4v) is 2.75. The van der Waals surface area contributed by atoms with Crippen molar-refractivity contribution < 1.29 is 27.5 Å². The number of aromatic amines is 1. The number of imidazole rings is 1. The molecule has 10 heteroatoms. The third-order valence-corrected chi connectivity index (χ3v) is 3.97. The van der Waals surface area contributed by atoms with Crippen LogP contribution in [0.3, 0.4) is 0 Å². The highest BCUT2D eigenvalue weighted by Gasteiger charge is 2.44. The van der Waals surface area contributed by atoms with Crippen LogP contribution >= 0.6 is 0 Å². The Bertz CT molecular complexity index is 876. The summed E-state index contributed by atoms with van der Waals surface area (Å²) in [5, 5.41) is 0. The lowest BCUT2D eigenvalue weighted by molar-refractivity contribution is -0.138. The summed E-state index contributed by atoms with van der Waals surface area (Å²) in [6.07, 6.45) is -1.91. The number of nitrogens with one attached hydrogen (secondary N) is 1. The van der Waals surface area contributed by atoms with E-state index in [-0.39, 0.29) is 18.0 Å². The van der Waals surface area contributed by atoms with E-state index in [2.05, 4.69) is 9.97 Å². The van der Waals surface area contributed by atoms with E-state index in [4.69, 9.17) is 10.5 Å². The molecule has 7 nitrogen and oxygen atoms in total. The molecule has 0 radical (unpaired) electrons. The summed E-state index contributed by atoms with van der Waals surface area (Å²) >= 11 is 0. The van der Waals surface area contributed by atoms with Crippen LogP contribution in [0.5, 0.6) is 5.75 Å². The number of nitrogens with two attached hydrogens (primary N) is 1. The van der Waals surface area contributed by atoms with Crippen LogP contribution < -0.4 is 15.4 Å². The molecule has 0 atom stereocenters. The molecule has 0 saturated carbocycles.